The van der Waals surface area contributed by atoms with E-state index in [-0.39, 0.29) is 17.0 Å². The largest absolute Gasteiger partial charge is 0.707 e. The second kappa shape index (κ2) is 5.38. The van der Waals surface area contributed by atoms with Gasteiger partial charge in [-0.1, -0.05) is 0 Å². The van der Waals surface area contributed by atoms with E-state index in [0.29, 0.717) is 0 Å². The first-order valence-corrected chi connectivity index (χ1v) is 4.43. The highest BCUT2D eigenvalue weighted by Gasteiger charge is 2.14. The first-order valence-electron chi connectivity index (χ1n) is 4.02. The molecule has 0 amide bonds. The van der Waals surface area contributed by atoms with E-state index in [1.165, 1.54) is 12.1 Å². The minimum absolute atomic E-state index is 0.0427. The second-order valence-corrected chi connectivity index (χ2v) is 2.85. The van der Waals surface area contributed by atoms with E-state index in [1.807, 2.05) is 0 Å². The summed E-state index contributed by atoms with van der Waals surface area (Å²) >= 11 is 4.37. The van der Waals surface area contributed by atoms with Crippen molar-refractivity contribution in [3.05, 3.63) is 23.8 Å². The lowest BCUT2D eigenvalue weighted by Crippen LogP contribution is -2.20. The van der Waals surface area contributed by atoms with E-state index in [1.54, 1.807) is 0 Å². The normalized spacial score (nSPS) is 9.12. The van der Waals surface area contributed by atoms with Crippen molar-refractivity contribution in [1.82, 2.24) is 0 Å². The van der Waals surface area contributed by atoms with Crippen LogP contribution < -0.4 is 4.65 Å². The maximum atomic E-state index is 10.7. The van der Waals surface area contributed by atoms with Gasteiger partial charge in [-0.25, -0.2) is 4.79 Å². The molecule has 0 aliphatic rings. The molecule has 0 saturated carbocycles. The fourth-order valence-electron chi connectivity index (χ4n) is 1.01. The third kappa shape index (κ3) is 3.45. The summed E-state index contributed by atoms with van der Waals surface area (Å²) in [7, 11) is -2.03. The third-order valence-corrected chi connectivity index (χ3v) is 1.65. The van der Waals surface area contributed by atoms with Crippen molar-refractivity contribution in [3.8, 4) is 5.75 Å². The van der Waals surface area contributed by atoms with Gasteiger partial charge >= 0.3 is 13.3 Å². The lowest BCUT2D eigenvalue weighted by molar-refractivity contribution is 0.0696. The molecule has 6 nitrogen and oxygen atoms in total. The zero-order valence-corrected chi connectivity index (χ0v) is 8.64. The molecule has 0 aliphatic heterocycles. The smallest absolute Gasteiger partial charge is 0.512 e. The van der Waals surface area contributed by atoms with Crippen molar-refractivity contribution < 1.29 is 24.6 Å². The Kier molecular flexibility index (Phi) is 4.15. The Morgan fingerprint density at radius 2 is 2.12 bits per heavy atom. The number of aliphatic imine (C=N–C) groups is 1. The molecule has 0 atom stereocenters. The molecule has 0 spiro atoms. The van der Waals surface area contributed by atoms with Gasteiger partial charge in [0.1, 0.15) is 5.75 Å². The number of carbonyl (C=O) groups is 1. The highest BCUT2D eigenvalue weighted by Crippen LogP contribution is 2.23. The summed E-state index contributed by atoms with van der Waals surface area (Å²) in [5, 5.41) is 28.0. The van der Waals surface area contributed by atoms with Crippen molar-refractivity contribution in [2.45, 2.75) is 0 Å². The Hall–Kier alpha value is -1.73. The average molecular weight is 239 g/mol. The number of thiocarbonyl (C=S) groups is 1. The van der Waals surface area contributed by atoms with Gasteiger partial charge in [-0.05, 0) is 24.4 Å². The number of isothiocyanates is 1. The number of hydrogen-bond donors (Lipinski definition) is 3. The Morgan fingerprint density at radius 3 is 2.62 bits per heavy atom. The van der Waals surface area contributed by atoms with E-state index < -0.39 is 13.3 Å². The van der Waals surface area contributed by atoms with Gasteiger partial charge in [0.2, 0.25) is 0 Å². The molecule has 0 aliphatic carbocycles. The third-order valence-electron chi connectivity index (χ3n) is 1.55. The highest BCUT2D eigenvalue weighted by atomic mass is 32.1. The van der Waals surface area contributed by atoms with Gasteiger partial charge in [0.25, 0.3) is 0 Å². The first-order chi connectivity index (χ1) is 7.52. The van der Waals surface area contributed by atoms with Crippen molar-refractivity contribution in [3.63, 3.8) is 0 Å². The Balaban J connectivity index is 3.18. The second-order valence-electron chi connectivity index (χ2n) is 2.67. The molecule has 3 N–H and O–H groups in total. The summed E-state index contributed by atoms with van der Waals surface area (Å²) in [5.74, 6) is -1.24. The van der Waals surface area contributed by atoms with Crippen LogP contribution in [0.25, 0.3) is 0 Å². The van der Waals surface area contributed by atoms with Crippen molar-refractivity contribution in [2.24, 2.45) is 4.99 Å². The predicted molar refractivity (Wildman–Crippen MR) is 58.9 cm³/mol. The average Bonchev–Trinajstić information content (AvgIpc) is 2.16. The summed E-state index contributed by atoms with van der Waals surface area (Å²) in [6, 6.07) is 3.67. The van der Waals surface area contributed by atoms with Crippen LogP contribution in [0.15, 0.2) is 23.2 Å². The quantitative estimate of drug-likeness (QED) is 0.401. The van der Waals surface area contributed by atoms with Crippen molar-refractivity contribution >= 4 is 36.4 Å². The van der Waals surface area contributed by atoms with Crippen LogP contribution >= 0.6 is 12.2 Å². The topological polar surface area (TPSA) is 99.4 Å². The molecule has 1 aromatic rings. The molecule has 8 heteroatoms. The Bertz CT molecular complexity index is 437. The summed E-state index contributed by atoms with van der Waals surface area (Å²) in [6.07, 6.45) is 0. The van der Waals surface area contributed by atoms with Crippen LogP contribution in [0.5, 0.6) is 5.75 Å². The van der Waals surface area contributed by atoms with E-state index in [2.05, 4.69) is 27.0 Å². The van der Waals surface area contributed by atoms with Gasteiger partial charge in [-0.2, -0.15) is 4.99 Å². The Labute approximate surface area is 96.0 Å². The summed E-state index contributed by atoms with van der Waals surface area (Å²) in [5.41, 5.74) is 0.0905. The van der Waals surface area contributed by atoms with Crippen LogP contribution in [0.1, 0.15) is 10.4 Å². The fourth-order valence-corrected chi connectivity index (χ4v) is 1.12. The summed E-state index contributed by atoms with van der Waals surface area (Å²) < 4.78 is 4.52. The maximum Gasteiger partial charge on any atom is 0.707 e. The SMILES string of the molecule is O=C(O)c1cc(N=C=S)cc(OB(O)O)c1. The van der Waals surface area contributed by atoms with Gasteiger partial charge in [-0.15, -0.1) is 0 Å². The number of carboxylic acids is 1. The van der Waals surface area contributed by atoms with Gasteiger partial charge in [0.15, 0.2) is 0 Å². The van der Waals surface area contributed by atoms with Crippen LogP contribution in [0.2, 0.25) is 0 Å². The van der Waals surface area contributed by atoms with Crippen LogP contribution in [0.3, 0.4) is 0 Å². The molecule has 0 saturated heterocycles. The highest BCUT2D eigenvalue weighted by molar-refractivity contribution is 7.78. The van der Waals surface area contributed by atoms with Crippen molar-refractivity contribution in [1.29, 1.82) is 0 Å². The molecule has 0 bridgehead atoms. The molecule has 82 valence electrons. The van der Waals surface area contributed by atoms with E-state index in [4.69, 9.17) is 15.2 Å². The lowest BCUT2D eigenvalue weighted by atomic mass is 10.1. The van der Waals surface area contributed by atoms with Gasteiger partial charge in [0.05, 0.1) is 16.4 Å². The monoisotopic (exact) mass is 239 g/mol. The van der Waals surface area contributed by atoms with Gasteiger partial charge < -0.3 is 19.8 Å². The van der Waals surface area contributed by atoms with E-state index in [9.17, 15) is 4.79 Å². The summed E-state index contributed by atoms with van der Waals surface area (Å²) in [4.78, 5) is 14.3. The zero-order chi connectivity index (χ0) is 12.1. The molecular formula is C8H6BNO5S. The van der Waals surface area contributed by atoms with E-state index in [0.717, 1.165) is 6.07 Å². The number of rotatable bonds is 4. The molecule has 16 heavy (non-hydrogen) atoms. The Morgan fingerprint density at radius 1 is 1.44 bits per heavy atom. The number of aromatic carboxylic acids is 1. The first kappa shape index (κ1) is 12.3. The number of hydrogen-bond acceptors (Lipinski definition) is 6. The summed E-state index contributed by atoms with van der Waals surface area (Å²) in [6.45, 7) is 0. The van der Waals surface area contributed by atoms with E-state index >= 15 is 0 Å². The molecular weight excluding hydrogens is 233 g/mol. The van der Waals surface area contributed by atoms with Crippen LogP contribution in [0.4, 0.5) is 5.69 Å². The lowest BCUT2D eigenvalue weighted by Gasteiger charge is -2.06. The fraction of sp³-hybridized carbons (Fsp3) is 0. The minimum Gasteiger partial charge on any atom is -0.512 e. The molecule has 1 rings (SSSR count). The van der Waals surface area contributed by atoms with Gasteiger partial charge in [-0.3, -0.25) is 0 Å². The van der Waals surface area contributed by atoms with Crippen LogP contribution in [-0.2, 0) is 0 Å². The van der Waals surface area contributed by atoms with Crippen LogP contribution in [0, 0.1) is 0 Å². The maximum absolute atomic E-state index is 10.7. The number of benzene rings is 1. The molecule has 1 aromatic carbocycles. The zero-order valence-electron chi connectivity index (χ0n) is 7.82. The molecule has 0 heterocycles. The molecule has 0 fully saturated rings. The minimum atomic E-state index is -2.03. The number of carboxylic acid groups (broad SMARTS) is 1. The molecule has 0 radical (unpaired) electrons. The van der Waals surface area contributed by atoms with Gasteiger partial charge in [0, 0.05) is 6.07 Å². The van der Waals surface area contributed by atoms with Crippen LogP contribution in [-0.4, -0.2) is 33.6 Å². The van der Waals surface area contributed by atoms with Crippen molar-refractivity contribution in [2.75, 3.05) is 0 Å². The predicted octanol–water partition coefficient (Wildman–Crippen LogP) is 0.467. The standard InChI is InChI=1S/C8H6BNO5S/c11-8(12)5-1-6(10-4-16)3-7(2-5)15-9(13)14/h1-3,13-14H,(H,11,12). The molecule has 0 aromatic heterocycles. The molecule has 0 unspecified atom stereocenters. The number of nitrogens with zero attached hydrogens (tertiary/aromatic N) is 1.